The second-order valence-corrected chi connectivity index (χ2v) is 9.84. The lowest BCUT2D eigenvalue weighted by Crippen LogP contribution is -2.30. The maximum atomic E-state index is 13.0. The van der Waals surface area contributed by atoms with E-state index in [1.54, 1.807) is 36.9 Å². The fourth-order valence-electron chi connectivity index (χ4n) is 3.92. The van der Waals surface area contributed by atoms with Crippen LogP contribution in [0.1, 0.15) is 35.7 Å². The van der Waals surface area contributed by atoms with Crippen LogP contribution in [0.25, 0.3) is 22.3 Å². The lowest BCUT2D eigenvalue weighted by molar-refractivity contribution is 0.0454. The number of hydrogen-bond donors (Lipinski definition) is 2. The lowest BCUT2D eigenvalue weighted by atomic mass is 10.0. The molecule has 2 aromatic carbocycles. The molecular weight excluding hydrogens is 448 g/mol. The summed E-state index contributed by atoms with van der Waals surface area (Å²) in [5, 5.41) is 8.78. The molecule has 7 heteroatoms. The molecule has 1 aliphatic heterocycles. The predicted molar refractivity (Wildman–Crippen MR) is 138 cm³/mol. The smallest absolute Gasteiger partial charge is 0.255 e. The molecule has 2 heterocycles. The fraction of sp³-hybridized carbons (Fsp3) is 0.333. The van der Waals surface area contributed by atoms with Gasteiger partial charge in [0.1, 0.15) is 10.7 Å². The average Bonchev–Trinajstić information content (AvgIpc) is 3.29. The molecular formula is C27H30N2O4S. The van der Waals surface area contributed by atoms with Crippen molar-refractivity contribution in [1.82, 2.24) is 10.6 Å². The number of ether oxygens (including phenoxy) is 1. The highest BCUT2D eigenvalue weighted by molar-refractivity contribution is 8.03. The number of carbonyl (C=O) groups excluding carboxylic acids is 1. The number of nitrogens with one attached hydrogen (secondary N) is 2. The number of rotatable bonds is 10. The molecule has 2 N–H and O–H groups in total. The van der Waals surface area contributed by atoms with E-state index in [1.165, 1.54) is 0 Å². The monoisotopic (exact) mass is 478 g/mol. The van der Waals surface area contributed by atoms with Gasteiger partial charge in [0.05, 0.1) is 17.6 Å². The second kappa shape index (κ2) is 11.0. The van der Waals surface area contributed by atoms with Crippen LogP contribution in [0.2, 0.25) is 0 Å². The molecule has 4 rings (SSSR count). The van der Waals surface area contributed by atoms with Crippen molar-refractivity contribution in [3.05, 3.63) is 81.4 Å². The van der Waals surface area contributed by atoms with Crippen LogP contribution >= 0.6 is 11.8 Å². The normalized spacial score (nSPS) is 17.4. The van der Waals surface area contributed by atoms with Crippen molar-refractivity contribution in [2.24, 2.45) is 0 Å². The second-order valence-electron chi connectivity index (χ2n) is 8.47. The first kappa shape index (κ1) is 24.3. The van der Waals surface area contributed by atoms with Crippen molar-refractivity contribution in [2.75, 3.05) is 26.2 Å². The van der Waals surface area contributed by atoms with Gasteiger partial charge in [-0.05, 0) is 44.4 Å². The minimum atomic E-state index is -0.251. The Hall–Kier alpha value is -2.87. The van der Waals surface area contributed by atoms with E-state index >= 15 is 0 Å². The fourth-order valence-corrected chi connectivity index (χ4v) is 4.75. The highest BCUT2D eigenvalue weighted by Gasteiger charge is 2.26. The highest BCUT2D eigenvalue weighted by Crippen LogP contribution is 2.36. The molecule has 1 aromatic heterocycles. The standard InChI is InChI=1S/C27H30N2O4S/c1-19-23(30)21-11-6-12-22(25(21)33-24(19)20-9-4-3-5-10-20)26(31)29-15-8-14-28-16-17-32-27(2)13-7-18-34-27/h3-7,9-12,18,28H,8,13-17H2,1-2H3,(H,29,31). The zero-order chi connectivity index (χ0) is 24.0. The van der Waals surface area contributed by atoms with Gasteiger partial charge in [-0.15, -0.1) is 0 Å². The average molecular weight is 479 g/mol. The predicted octanol–water partition coefficient (Wildman–Crippen LogP) is 4.86. The summed E-state index contributed by atoms with van der Waals surface area (Å²) in [6, 6.07) is 14.6. The number of thioether (sulfide) groups is 1. The molecule has 6 nitrogen and oxygen atoms in total. The molecule has 1 aliphatic rings. The Morgan fingerprint density at radius 3 is 2.71 bits per heavy atom. The number of amides is 1. The number of benzene rings is 2. The topological polar surface area (TPSA) is 80.6 Å². The van der Waals surface area contributed by atoms with E-state index in [0.717, 1.165) is 31.5 Å². The van der Waals surface area contributed by atoms with Gasteiger partial charge in [-0.2, -0.15) is 0 Å². The minimum absolute atomic E-state index is 0.123. The van der Waals surface area contributed by atoms with Crippen LogP contribution in [-0.4, -0.2) is 37.1 Å². The molecule has 0 fully saturated rings. The van der Waals surface area contributed by atoms with Crippen LogP contribution in [0.15, 0.2) is 69.2 Å². The summed E-state index contributed by atoms with van der Waals surface area (Å²) in [7, 11) is 0. The van der Waals surface area contributed by atoms with Gasteiger partial charge in [0.15, 0.2) is 11.0 Å². The maximum Gasteiger partial charge on any atom is 0.255 e. The lowest BCUT2D eigenvalue weighted by Gasteiger charge is -2.23. The van der Waals surface area contributed by atoms with Crippen molar-refractivity contribution in [3.63, 3.8) is 0 Å². The van der Waals surface area contributed by atoms with Crippen molar-refractivity contribution in [2.45, 2.75) is 31.6 Å². The van der Waals surface area contributed by atoms with Crippen LogP contribution in [0.5, 0.6) is 0 Å². The number of carbonyl (C=O) groups is 1. The zero-order valence-electron chi connectivity index (χ0n) is 19.6. The van der Waals surface area contributed by atoms with Gasteiger partial charge in [-0.25, -0.2) is 0 Å². The number of hydrogen-bond acceptors (Lipinski definition) is 6. The van der Waals surface area contributed by atoms with E-state index < -0.39 is 0 Å². The zero-order valence-corrected chi connectivity index (χ0v) is 20.4. The Morgan fingerprint density at radius 1 is 1.12 bits per heavy atom. The van der Waals surface area contributed by atoms with Gasteiger partial charge in [0, 0.05) is 30.6 Å². The summed E-state index contributed by atoms with van der Waals surface area (Å²) in [4.78, 5) is 25.7. The van der Waals surface area contributed by atoms with E-state index in [2.05, 4.69) is 29.0 Å². The van der Waals surface area contributed by atoms with Gasteiger partial charge in [-0.3, -0.25) is 9.59 Å². The number of fused-ring (bicyclic) bond motifs is 1. The summed E-state index contributed by atoms with van der Waals surface area (Å²) in [5.41, 5.74) is 1.90. The summed E-state index contributed by atoms with van der Waals surface area (Å²) in [6.07, 6.45) is 3.85. The molecule has 3 aromatic rings. The number of para-hydroxylation sites is 1. The van der Waals surface area contributed by atoms with Gasteiger partial charge in [0.2, 0.25) is 0 Å². The molecule has 178 valence electrons. The van der Waals surface area contributed by atoms with Crippen molar-refractivity contribution >= 4 is 28.6 Å². The van der Waals surface area contributed by atoms with E-state index in [-0.39, 0.29) is 16.3 Å². The van der Waals surface area contributed by atoms with Crippen molar-refractivity contribution in [3.8, 4) is 11.3 Å². The Balaban J connectivity index is 1.33. The van der Waals surface area contributed by atoms with Crippen LogP contribution < -0.4 is 16.1 Å². The van der Waals surface area contributed by atoms with Gasteiger partial charge >= 0.3 is 0 Å². The Morgan fingerprint density at radius 2 is 1.94 bits per heavy atom. The van der Waals surface area contributed by atoms with E-state index in [1.807, 2.05) is 30.3 Å². The molecule has 1 amide bonds. The first-order chi connectivity index (χ1) is 16.5. The van der Waals surface area contributed by atoms with E-state index in [4.69, 9.17) is 9.15 Å². The quantitative estimate of drug-likeness (QED) is 0.405. The SMILES string of the molecule is Cc1c(-c2ccccc2)oc2c(C(=O)NCCCNCCOC3(C)CC=CS3)cccc2c1=O. The summed E-state index contributed by atoms with van der Waals surface area (Å²) >= 11 is 1.71. The first-order valence-corrected chi connectivity index (χ1v) is 12.4. The summed E-state index contributed by atoms with van der Waals surface area (Å²) in [5.74, 6) is 0.240. The third-order valence-electron chi connectivity index (χ3n) is 5.83. The summed E-state index contributed by atoms with van der Waals surface area (Å²) < 4.78 is 12.1. The van der Waals surface area contributed by atoms with Crippen LogP contribution in [0.4, 0.5) is 0 Å². The molecule has 0 saturated carbocycles. The van der Waals surface area contributed by atoms with Crippen molar-refractivity contribution in [1.29, 1.82) is 0 Å². The molecule has 34 heavy (non-hydrogen) atoms. The highest BCUT2D eigenvalue weighted by atomic mass is 32.2. The minimum Gasteiger partial charge on any atom is -0.455 e. The van der Waals surface area contributed by atoms with Gasteiger partial charge < -0.3 is 19.8 Å². The molecule has 1 unspecified atom stereocenters. The molecule has 1 atom stereocenters. The summed E-state index contributed by atoms with van der Waals surface area (Å²) in [6.45, 7) is 6.56. The van der Waals surface area contributed by atoms with Crippen molar-refractivity contribution < 1.29 is 13.9 Å². The third kappa shape index (κ3) is 5.60. The third-order valence-corrected chi connectivity index (χ3v) is 6.94. The van der Waals surface area contributed by atoms with E-state index in [9.17, 15) is 9.59 Å². The van der Waals surface area contributed by atoms with Crippen LogP contribution in [0, 0.1) is 6.92 Å². The molecule has 0 aliphatic carbocycles. The van der Waals surface area contributed by atoms with Gasteiger partial charge in [0.25, 0.3) is 5.91 Å². The van der Waals surface area contributed by atoms with E-state index in [0.29, 0.717) is 41.0 Å². The van der Waals surface area contributed by atoms with Crippen LogP contribution in [-0.2, 0) is 4.74 Å². The Labute approximate surface area is 203 Å². The molecule has 0 bridgehead atoms. The first-order valence-electron chi connectivity index (χ1n) is 11.6. The Kier molecular flexibility index (Phi) is 7.88. The van der Waals surface area contributed by atoms with Crippen LogP contribution in [0.3, 0.4) is 0 Å². The molecule has 0 saturated heterocycles. The molecule has 0 radical (unpaired) electrons. The molecule has 0 spiro atoms. The maximum absolute atomic E-state index is 13.0. The van der Waals surface area contributed by atoms with Gasteiger partial charge in [-0.1, -0.05) is 54.2 Å². The largest absolute Gasteiger partial charge is 0.455 e. The Bertz CT molecular complexity index is 1230.